The summed E-state index contributed by atoms with van der Waals surface area (Å²) in [5, 5.41) is 2.96. The Morgan fingerprint density at radius 3 is 2.20 bits per heavy atom. The first kappa shape index (κ1) is 30.9. The fourth-order valence-corrected chi connectivity index (χ4v) is 6.11. The van der Waals surface area contributed by atoms with Crippen LogP contribution in [0.1, 0.15) is 55.4 Å². The topological polar surface area (TPSA) is 86.8 Å². The zero-order valence-electron chi connectivity index (χ0n) is 24.2. The van der Waals surface area contributed by atoms with Crippen LogP contribution in [-0.4, -0.2) is 44.3 Å². The van der Waals surface area contributed by atoms with Crippen molar-refractivity contribution in [1.29, 1.82) is 0 Å². The molecule has 3 rings (SSSR count). The van der Waals surface area contributed by atoms with Gasteiger partial charge in [-0.25, -0.2) is 8.42 Å². The number of carbonyl (C=O) groups excluding carboxylic acids is 2. The smallest absolute Gasteiger partial charge is 0.264 e. The Bertz CT molecular complexity index is 1410. The molecule has 1 atom stereocenters. The van der Waals surface area contributed by atoms with Crippen LogP contribution in [0.4, 0.5) is 5.69 Å². The molecule has 0 fully saturated rings. The molecule has 0 aliphatic rings. The minimum atomic E-state index is -4.09. The van der Waals surface area contributed by atoms with Gasteiger partial charge in [0.15, 0.2) is 0 Å². The summed E-state index contributed by atoms with van der Waals surface area (Å²) in [4.78, 5) is 29.1. The zero-order valence-corrected chi connectivity index (χ0v) is 25.0. The van der Waals surface area contributed by atoms with Crippen molar-refractivity contribution >= 4 is 27.5 Å². The highest BCUT2D eigenvalue weighted by Gasteiger charge is 2.34. The third-order valence-corrected chi connectivity index (χ3v) is 8.83. The SMILES string of the molecule is CCCCNC(=O)[C@@H](CC)N(Cc1ccccc1C)C(=O)CN(c1cc(C)ccc1C)S(=O)(=O)c1ccccc1. The molecule has 0 aliphatic carbocycles. The number of hydrogen-bond acceptors (Lipinski definition) is 4. The fraction of sp³-hybridized carbons (Fsp3) is 0.375. The summed E-state index contributed by atoms with van der Waals surface area (Å²) in [5.74, 6) is -0.678. The van der Waals surface area contributed by atoms with Gasteiger partial charge in [-0.1, -0.05) is 74.9 Å². The van der Waals surface area contributed by atoms with Gasteiger partial charge in [0.05, 0.1) is 10.6 Å². The summed E-state index contributed by atoms with van der Waals surface area (Å²) < 4.78 is 29.2. The van der Waals surface area contributed by atoms with Crippen molar-refractivity contribution in [2.24, 2.45) is 0 Å². The maximum Gasteiger partial charge on any atom is 0.264 e. The molecule has 40 heavy (non-hydrogen) atoms. The van der Waals surface area contributed by atoms with Gasteiger partial charge in [-0.3, -0.25) is 13.9 Å². The number of hydrogen-bond donors (Lipinski definition) is 1. The van der Waals surface area contributed by atoms with Crippen molar-refractivity contribution in [3.8, 4) is 0 Å². The molecule has 2 amide bonds. The first-order valence-corrected chi connectivity index (χ1v) is 15.3. The van der Waals surface area contributed by atoms with E-state index in [0.717, 1.165) is 35.1 Å². The number of unbranched alkanes of at least 4 members (excludes halogenated alkanes) is 1. The Kier molecular flexibility index (Phi) is 10.9. The second kappa shape index (κ2) is 14.1. The Labute approximate surface area is 239 Å². The summed E-state index contributed by atoms with van der Waals surface area (Å²) >= 11 is 0. The van der Waals surface area contributed by atoms with E-state index < -0.39 is 28.5 Å². The molecule has 0 saturated carbocycles. The molecule has 0 bridgehead atoms. The molecule has 3 aromatic rings. The molecule has 0 aliphatic heterocycles. The lowest BCUT2D eigenvalue weighted by atomic mass is 10.1. The van der Waals surface area contributed by atoms with Crippen molar-refractivity contribution in [1.82, 2.24) is 10.2 Å². The molecular weight excluding hydrogens is 522 g/mol. The summed E-state index contributed by atoms with van der Waals surface area (Å²) in [6.45, 7) is 9.86. The number of sulfonamides is 1. The predicted octanol–water partition coefficient (Wildman–Crippen LogP) is 5.53. The van der Waals surface area contributed by atoms with Gasteiger partial charge in [0.25, 0.3) is 10.0 Å². The Hall–Kier alpha value is -3.65. The molecule has 214 valence electrons. The highest BCUT2D eigenvalue weighted by molar-refractivity contribution is 7.92. The standard InChI is InChI=1S/C32H41N3O4S/c1-6-8-20-33-32(37)29(7-2)34(22-27-15-13-12-14-25(27)4)31(36)23-35(30-21-24(3)18-19-26(30)5)40(38,39)28-16-10-9-11-17-28/h9-19,21,29H,6-8,20,22-23H2,1-5H3,(H,33,37)/t29-/m1/s1. The molecular formula is C32H41N3O4S. The van der Waals surface area contributed by atoms with E-state index in [4.69, 9.17) is 0 Å². The number of aryl methyl sites for hydroxylation is 3. The molecule has 1 N–H and O–H groups in total. The molecule has 8 heteroatoms. The Morgan fingerprint density at radius 1 is 0.875 bits per heavy atom. The number of carbonyl (C=O) groups is 2. The Morgan fingerprint density at radius 2 is 1.55 bits per heavy atom. The van der Waals surface area contributed by atoms with Gasteiger partial charge in [0, 0.05) is 13.1 Å². The van der Waals surface area contributed by atoms with Crippen molar-refractivity contribution in [3.63, 3.8) is 0 Å². The summed E-state index contributed by atoms with van der Waals surface area (Å²) in [6, 6.07) is 20.6. The van der Waals surface area contributed by atoms with E-state index in [-0.39, 0.29) is 17.3 Å². The van der Waals surface area contributed by atoms with Crippen molar-refractivity contribution < 1.29 is 18.0 Å². The van der Waals surface area contributed by atoms with Crippen molar-refractivity contribution in [2.75, 3.05) is 17.4 Å². The van der Waals surface area contributed by atoms with E-state index in [1.807, 2.05) is 71.0 Å². The van der Waals surface area contributed by atoms with Gasteiger partial charge in [-0.15, -0.1) is 0 Å². The largest absolute Gasteiger partial charge is 0.354 e. The van der Waals surface area contributed by atoms with Crippen LogP contribution in [0, 0.1) is 20.8 Å². The second-order valence-electron chi connectivity index (χ2n) is 10.1. The zero-order chi connectivity index (χ0) is 29.3. The maximum atomic E-state index is 14.2. The number of anilines is 1. The van der Waals surface area contributed by atoms with Gasteiger partial charge < -0.3 is 10.2 Å². The maximum absolute atomic E-state index is 14.2. The van der Waals surface area contributed by atoms with Crippen LogP contribution in [0.2, 0.25) is 0 Å². The minimum absolute atomic E-state index is 0.0958. The highest BCUT2D eigenvalue weighted by atomic mass is 32.2. The van der Waals surface area contributed by atoms with Crippen molar-refractivity contribution in [3.05, 3.63) is 95.1 Å². The average Bonchev–Trinajstić information content (AvgIpc) is 2.94. The molecule has 0 spiro atoms. The number of rotatable bonds is 13. The van der Waals surface area contributed by atoms with Crippen LogP contribution in [0.25, 0.3) is 0 Å². The molecule has 0 unspecified atom stereocenters. The number of benzene rings is 3. The third kappa shape index (κ3) is 7.50. The van der Waals surface area contributed by atoms with Crippen LogP contribution in [0.3, 0.4) is 0 Å². The predicted molar refractivity (Wildman–Crippen MR) is 161 cm³/mol. The minimum Gasteiger partial charge on any atom is -0.354 e. The van der Waals surface area contributed by atoms with Gasteiger partial charge in [0.1, 0.15) is 12.6 Å². The van der Waals surface area contributed by atoms with E-state index >= 15 is 0 Å². The first-order chi connectivity index (χ1) is 19.1. The second-order valence-corrected chi connectivity index (χ2v) is 12.0. The number of nitrogens with one attached hydrogen (secondary N) is 1. The van der Waals surface area contributed by atoms with Crippen LogP contribution in [0.15, 0.2) is 77.7 Å². The van der Waals surface area contributed by atoms with E-state index in [9.17, 15) is 18.0 Å². The highest BCUT2D eigenvalue weighted by Crippen LogP contribution is 2.28. The monoisotopic (exact) mass is 563 g/mol. The quantitative estimate of drug-likeness (QED) is 0.277. The van der Waals surface area contributed by atoms with Gasteiger partial charge in [0.2, 0.25) is 11.8 Å². The molecule has 7 nitrogen and oxygen atoms in total. The van der Waals surface area contributed by atoms with Crippen LogP contribution in [-0.2, 0) is 26.2 Å². The average molecular weight is 564 g/mol. The van der Waals surface area contributed by atoms with Gasteiger partial charge in [-0.2, -0.15) is 0 Å². The van der Waals surface area contributed by atoms with E-state index in [1.165, 1.54) is 21.3 Å². The van der Waals surface area contributed by atoms with E-state index in [0.29, 0.717) is 18.7 Å². The molecule has 0 heterocycles. The lowest BCUT2D eigenvalue weighted by molar-refractivity contribution is -0.140. The Balaban J connectivity index is 2.07. The number of amides is 2. The summed E-state index contributed by atoms with van der Waals surface area (Å²) in [6.07, 6.45) is 2.17. The molecule has 0 saturated heterocycles. The number of nitrogens with zero attached hydrogens (tertiary/aromatic N) is 2. The van der Waals surface area contributed by atoms with Crippen LogP contribution in [0.5, 0.6) is 0 Å². The lowest BCUT2D eigenvalue weighted by Gasteiger charge is -2.34. The summed E-state index contributed by atoms with van der Waals surface area (Å²) in [7, 11) is -4.09. The van der Waals surface area contributed by atoms with Crippen LogP contribution >= 0.6 is 0 Å². The summed E-state index contributed by atoms with van der Waals surface area (Å²) in [5.41, 5.74) is 3.94. The van der Waals surface area contributed by atoms with Crippen LogP contribution < -0.4 is 9.62 Å². The molecule has 0 aromatic heterocycles. The molecule has 3 aromatic carbocycles. The fourth-order valence-electron chi connectivity index (χ4n) is 4.62. The van der Waals surface area contributed by atoms with Gasteiger partial charge in [-0.05, 0) is 74.1 Å². The van der Waals surface area contributed by atoms with Gasteiger partial charge >= 0.3 is 0 Å². The van der Waals surface area contributed by atoms with E-state index in [1.54, 1.807) is 24.3 Å². The molecule has 0 radical (unpaired) electrons. The third-order valence-electron chi connectivity index (χ3n) is 7.06. The first-order valence-electron chi connectivity index (χ1n) is 13.9. The normalized spacial score (nSPS) is 12.0. The van der Waals surface area contributed by atoms with E-state index in [2.05, 4.69) is 5.32 Å². The van der Waals surface area contributed by atoms with Crippen molar-refractivity contribution in [2.45, 2.75) is 71.4 Å². The lowest BCUT2D eigenvalue weighted by Crippen LogP contribution is -2.52.